The summed E-state index contributed by atoms with van der Waals surface area (Å²) in [6.07, 6.45) is -1.61. The van der Waals surface area contributed by atoms with Crippen molar-refractivity contribution in [1.29, 1.82) is 5.26 Å². The zero-order valence-corrected chi connectivity index (χ0v) is 25.5. The van der Waals surface area contributed by atoms with E-state index in [2.05, 4.69) is 9.72 Å². The summed E-state index contributed by atoms with van der Waals surface area (Å²) >= 11 is 5.57. The molecular formula is C24H36N3O12PS. The number of nitriles is 1. The lowest BCUT2D eigenvalue weighted by Crippen LogP contribution is -2.39. The molecule has 0 amide bonds. The number of aliphatic hydroxyl groups excluding tert-OH is 1. The summed E-state index contributed by atoms with van der Waals surface area (Å²) in [4.78, 5) is 51.3. The van der Waals surface area contributed by atoms with Gasteiger partial charge in [0.05, 0.1) is 45.0 Å². The van der Waals surface area contributed by atoms with Crippen molar-refractivity contribution < 1.29 is 47.2 Å². The van der Waals surface area contributed by atoms with Crippen molar-refractivity contribution in [3.05, 3.63) is 32.6 Å². The van der Waals surface area contributed by atoms with Gasteiger partial charge in [-0.15, -0.1) is 0 Å². The van der Waals surface area contributed by atoms with E-state index in [-0.39, 0.29) is 31.8 Å². The third kappa shape index (κ3) is 9.00. The molecule has 0 aromatic carbocycles. The predicted octanol–water partition coefficient (Wildman–Crippen LogP) is 0.686. The highest BCUT2D eigenvalue weighted by molar-refractivity contribution is 8.07. The van der Waals surface area contributed by atoms with Gasteiger partial charge in [0.25, 0.3) is 5.56 Å². The summed E-state index contributed by atoms with van der Waals surface area (Å²) < 4.78 is 39.7. The van der Waals surface area contributed by atoms with Crippen molar-refractivity contribution in [3.63, 3.8) is 0 Å². The molecule has 1 aliphatic heterocycles. The Labute approximate surface area is 241 Å². The average Bonchev–Trinajstić information content (AvgIpc) is 3.31. The highest BCUT2D eigenvalue weighted by Crippen LogP contribution is 2.54. The van der Waals surface area contributed by atoms with Crippen LogP contribution in [0.15, 0.2) is 15.8 Å². The van der Waals surface area contributed by atoms with Crippen molar-refractivity contribution >= 4 is 30.5 Å². The summed E-state index contributed by atoms with van der Waals surface area (Å²) in [7, 11) is 2.48. The van der Waals surface area contributed by atoms with E-state index in [1.54, 1.807) is 26.8 Å². The first-order valence-electron chi connectivity index (χ1n) is 12.5. The third-order valence-electron chi connectivity index (χ3n) is 5.96. The van der Waals surface area contributed by atoms with E-state index in [9.17, 15) is 29.5 Å². The van der Waals surface area contributed by atoms with Gasteiger partial charge in [-0.05, 0) is 39.5 Å². The van der Waals surface area contributed by atoms with Gasteiger partial charge in [-0.25, -0.2) is 4.79 Å². The molecule has 5 atom stereocenters. The predicted molar refractivity (Wildman–Crippen MR) is 145 cm³/mol. The topological polar surface area (TPSA) is 198 Å². The molecule has 15 nitrogen and oxygen atoms in total. The molecule has 0 saturated carbocycles. The third-order valence-corrected chi connectivity index (χ3v) is 8.32. The van der Waals surface area contributed by atoms with Gasteiger partial charge in [-0.3, -0.25) is 23.9 Å². The second kappa shape index (κ2) is 14.6. The molecule has 0 aliphatic carbocycles. The van der Waals surface area contributed by atoms with Crippen LogP contribution in [0, 0.1) is 29.1 Å². The Balaban J connectivity index is 2.40. The SMILES string of the molecule is COCCOP(=S)(OCC(C#N)(CO)C(=O)OC)O[C@H]1C[C@H](n2cc(C)c(=O)[nH]c2=O)O[C@@H]1COC(=O)C(C)(C)C. The fourth-order valence-corrected chi connectivity index (χ4v) is 5.61. The normalized spacial score (nSPS) is 21.9. The van der Waals surface area contributed by atoms with E-state index in [0.29, 0.717) is 0 Å². The molecule has 1 fully saturated rings. The molecule has 2 unspecified atom stereocenters. The van der Waals surface area contributed by atoms with Crippen LogP contribution >= 0.6 is 6.72 Å². The molecule has 2 N–H and O–H groups in total. The maximum absolute atomic E-state index is 12.5. The number of methoxy groups -OCH3 is 2. The van der Waals surface area contributed by atoms with Gasteiger partial charge < -0.3 is 37.6 Å². The molecule has 2 rings (SSSR count). The van der Waals surface area contributed by atoms with Gasteiger partial charge in [0.1, 0.15) is 25.0 Å². The number of aromatic nitrogens is 2. The maximum atomic E-state index is 12.5. The minimum absolute atomic E-state index is 0.0150. The molecule has 1 aliphatic rings. The van der Waals surface area contributed by atoms with E-state index in [1.807, 2.05) is 0 Å². The highest BCUT2D eigenvalue weighted by atomic mass is 32.5. The van der Waals surface area contributed by atoms with Crippen LogP contribution in [-0.4, -0.2) is 86.1 Å². The lowest BCUT2D eigenvalue weighted by molar-refractivity contribution is -0.159. The molecule has 41 heavy (non-hydrogen) atoms. The number of nitrogens with one attached hydrogen (secondary N) is 1. The van der Waals surface area contributed by atoms with E-state index in [4.69, 9.17) is 39.6 Å². The fraction of sp³-hybridized carbons (Fsp3) is 0.708. The summed E-state index contributed by atoms with van der Waals surface area (Å²) in [5.74, 6) is -1.57. The molecule has 0 bridgehead atoms. The van der Waals surface area contributed by atoms with Crippen molar-refractivity contribution in [2.24, 2.45) is 10.8 Å². The zero-order chi connectivity index (χ0) is 31.0. The van der Waals surface area contributed by atoms with Crippen molar-refractivity contribution in [2.75, 3.05) is 47.3 Å². The molecule has 1 aromatic rings. The minimum atomic E-state index is -3.82. The number of aliphatic hydroxyl groups is 1. The first-order valence-corrected chi connectivity index (χ1v) is 15.0. The number of carbonyl (C=O) groups is 2. The lowest BCUT2D eigenvalue weighted by Gasteiger charge is -2.30. The van der Waals surface area contributed by atoms with Gasteiger partial charge in [-0.2, -0.15) is 5.26 Å². The molecule has 0 spiro atoms. The van der Waals surface area contributed by atoms with Crippen molar-refractivity contribution in [3.8, 4) is 6.07 Å². The van der Waals surface area contributed by atoms with Gasteiger partial charge >= 0.3 is 24.3 Å². The Morgan fingerprint density at radius 1 is 1.24 bits per heavy atom. The van der Waals surface area contributed by atoms with Crippen LogP contribution in [0.25, 0.3) is 0 Å². The Kier molecular flexibility index (Phi) is 12.4. The summed E-state index contributed by atoms with van der Waals surface area (Å²) in [6, 6.07) is 1.69. The fourth-order valence-electron chi connectivity index (χ4n) is 3.47. The quantitative estimate of drug-likeness (QED) is 0.167. The molecular weight excluding hydrogens is 585 g/mol. The number of hydrogen-bond donors (Lipinski definition) is 2. The van der Waals surface area contributed by atoms with Crippen molar-refractivity contribution in [1.82, 2.24) is 9.55 Å². The highest BCUT2D eigenvalue weighted by Gasteiger charge is 2.46. The van der Waals surface area contributed by atoms with E-state index < -0.39 is 72.4 Å². The van der Waals surface area contributed by atoms with E-state index >= 15 is 0 Å². The Bertz CT molecular complexity index is 1290. The Morgan fingerprint density at radius 2 is 1.93 bits per heavy atom. The first kappa shape index (κ1) is 34.7. The number of hydrogen-bond acceptors (Lipinski definition) is 14. The summed E-state index contributed by atoms with van der Waals surface area (Å²) in [5, 5.41) is 19.4. The number of rotatable bonds is 14. The smallest absolute Gasteiger partial charge is 0.331 e. The van der Waals surface area contributed by atoms with E-state index in [0.717, 1.165) is 7.11 Å². The number of H-pyrrole nitrogens is 1. The molecule has 1 aromatic heterocycles. The summed E-state index contributed by atoms with van der Waals surface area (Å²) in [5.41, 5.74) is -3.96. The van der Waals surface area contributed by atoms with Crippen LogP contribution in [0.3, 0.4) is 0 Å². The molecule has 0 radical (unpaired) electrons. The molecule has 2 heterocycles. The lowest BCUT2D eigenvalue weighted by atomic mass is 9.93. The number of esters is 2. The van der Waals surface area contributed by atoms with Crippen LogP contribution in [-0.2, 0) is 53.9 Å². The maximum Gasteiger partial charge on any atom is 0.331 e. The zero-order valence-electron chi connectivity index (χ0n) is 23.7. The Morgan fingerprint density at radius 3 is 2.49 bits per heavy atom. The number of ether oxygens (including phenoxy) is 4. The Hall–Kier alpha value is -2.48. The van der Waals surface area contributed by atoms with Gasteiger partial charge in [0.15, 0.2) is 0 Å². The molecule has 230 valence electrons. The molecule has 17 heteroatoms. The number of aromatic amines is 1. The van der Waals surface area contributed by atoms with Gasteiger partial charge in [0.2, 0.25) is 5.41 Å². The van der Waals surface area contributed by atoms with E-state index in [1.165, 1.54) is 24.8 Å². The number of nitrogens with zero attached hydrogens (tertiary/aromatic N) is 2. The molecule has 1 saturated heterocycles. The van der Waals surface area contributed by atoms with Crippen LogP contribution in [0.5, 0.6) is 0 Å². The van der Waals surface area contributed by atoms with Crippen LogP contribution < -0.4 is 11.2 Å². The summed E-state index contributed by atoms with van der Waals surface area (Å²) in [6.45, 7) is 0.764. The van der Waals surface area contributed by atoms with Crippen LogP contribution in [0.2, 0.25) is 0 Å². The second-order valence-electron chi connectivity index (χ2n) is 10.2. The largest absolute Gasteiger partial charge is 0.468 e. The monoisotopic (exact) mass is 621 g/mol. The standard InChI is InChI=1S/C24H36N3O12PS/c1-15-10-27(22(32)26-19(15)29)18-9-16(17(38-18)11-35-20(30)23(2,3)4)39-40(41,36-8-7-33-5)37-14-24(12-25,13-28)21(31)34-6/h10,16-18,28H,7-9,11,13-14H2,1-6H3,(H,26,29,32)/t16-,17+,18+,24?,40?/m0/s1. The number of aryl methyl sites for hydroxylation is 1. The van der Waals surface area contributed by atoms with Crippen LogP contribution in [0.4, 0.5) is 0 Å². The van der Waals surface area contributed by atoms with Crippen molar-refractivity contribution in [2.45, 2.75) is 52.6 Å². The van der Waals surface area contributed by atoms with Gasteiger partial charge in [0, 0.05) is 25.3 Å². The van der Waals surface area contributed by atoms with Gasteiger partial charge in [-0.1, -0.05) is 0 Å². The second-order valence-corrected chi connectivity index (χ2v) is 13.2. The first-order chi connectivity index (χ1) is 19.1. The number of carbonyl (C=O) groups excluding carboxylic acids is 2. The van der Waals surface area contributed by atoms with Crippen LogP contribution in [0.1, 0.15) is 39.0 Å². The minimum Gasteiger partial charge on any atom is -0.468 e. The average molecular weight is 622 g/mol.